The fraction of sp³-hybridized carbons (Fsp3) is 0.619. The zero-order valence-electron chi connectivity index (χ0n) is 18.5. The SMILES string of the molecule is CN=C(NCC(C)Oc1ccccc1OC)N1CCN(CC(=O)NCCOC)CC1. The molecule has 0 aromatic heterocycles. The van der Waals surface area contributed by atoms with Gasteiger partial charge in [0.15, 0.2) is 17.5 Å². The number of methoxy groups -OCH3 is 2. The van der Waals surface area contributed by atoms with Crippen LogP contribution >= 0.6 is 0 Å². The van der Waals surface area contributed by atoms with Crippen LogP contribution in [0.3, 0.4) is 0 Å². The van der Waals surface area contributed by atoms with E-state index in [1.807, 2.05) is 31.2 Å². The van der Waals surface area contributed by atoms with E-state index in [0.717, 1.165) is 43.6 Å². The van der Waals surface area contributed by atoms with Crippen molar-refractivity contribution in [2.24, 2.45) is 4.99 Å². The molecule has 1 aromatic carbocycles. The largest absolute Gasteiger partial charge is 0.493 e. The maximum absolute atomic E-state index is 12.0. The van der Waals surface area contributed by atoms with Crippen molar-refractivity contribution in [2.75, 3.05) is 73.7 Å². The zero-order valence-corrected chi connectivity index (χ0v) is 18.5. The van der Waals surface area contributed by atoms with E-state index in [9.17, 15) is 4.79 Å². The molecule has 1 amide bonds. The molecule has 1 aromatic rings. The Balaban J connectivity index is 1.73. The second-order valence-electron chi connectivity index (χ2n) is 7.11. The summed E-state index contributed by atoms with van der Waals surface area (Å²) < 4.78 is 16.3. The number of para-hydroxylation sites is 2. The number of guanidine groups is 1. The summed E-state index contributed by atoms with van der Waals surface area (Å²) in [6.07, 6.45) is -0.0601. The Kier molecular flexibility index (Phi) is 10.2. The third-order valence-corrected chi connectivity index (χ3v) is 4.82. The maximum Gasteiger partial charge on any atom is 0.234 e. The smallest absolute Gasteiger partial charge is 0.234 e. The summed E-state index contributed by atoms with van der Waals surface area (Å²) in [4.78, 5) is 20.7. The van der Waals surface area contributed by atoms with Gasteiger partial charge in [0.25, 0.3) is 0 Å². The fourth-order valence-corrected chi connectivity index (χ4v) is 3.21. The van der Waals surface area contributed by atoms with Crippen molar-refractivity contribution < 1.29 is 19.0 Å². The number of ether oxygens (including phenoxy) is 3. The van der Waals surface area contributed by atoms with Crippen LogP contribution in [-0.2, 0) is 9.53 Å². The van der Waals surface area contributed by atoms with Crippen LogP contribution in [0.15, 0.2) is 29.3 Å². The summed E-state index contributed by atoms with van der Waals surface area (Å²) in [6, 6.07) is 7.62. The normalized spacial score (nSPS) is 16.1. The predicted octanol–water partition coefficient (Wildman–Crippen LogP) is 0.418. The van der Waals surface area contributed by atoms with Crippen molar-refractivity contribution in [3.63, 3.8) is 0 Å². The molecule has 1 fully saturated rings. The molecule has 1 heterocycles. The summed E-state index contributed by atoms with van der Waals surface area (Å²) in [7, 11) is 5.04. The van der Waals surface area contributed by atoms with Gasteiger partial charge in [-0.15, -0.1) is 0 Å². The lowest BCUT2D eigenvalue weighted by molar-refractivity contribution is -0.122. The van der Waals surface area contributed by atoms with Gasteiger partial charge in [0.05, 0.1) is 26.8 Å². The first-order valence-corrected chi connectivity index (χ1v) is 10.3. The summed E-state index contributed by atoms with van der Waals surface area (Å²) in [6.45, 7) is 7.35. The van der Waals surface area contributed by atoms with Gasteiger partial charge in [-0.25, -0.2) is 0 Å². The van der Waals surface area contributed by atoms with Gasteiger partial charge >= 0.3 is 0 Å². The minimum atomic E-state index is -0.0601. The van der Waals surface area contributed by atoms with Gasteiger partial charge in [0.1, 0.15) is 6.10 Å². The average Bonchev–Trinajstić information content (AvgIpc) is 2.76. The molecule has 2 rings (SSSR count). The van der Waals surface area contributed by atoms with Crippen LogP contribution in [0.4, 0.5) is 0 Å². The number of hydrogen-bond acceptors (Lipinski definition) is 6. The van der Waals surface area contributed by atoms with Crippen LogP contribution in [0.25, 0.3) is 0 Å². The molecule has 30 heavy (non-hydrogen) atoms. The monoisotopic (exact) mass is 421 g/mol. The van der Waals surface area contributed by atoms with Gasteiger partial charge in [0, 0.05) is 46.9 Å². The van der Waals surface area contributed by atoms with E-state index in [1.54, 1.807) is 21.3 Å². The average molecular weight is 422 g/mol. The Hall–Kier alpha value is -2.52. The molecule has 9 heteroatoms. The first-order chi connectivity index (χ1) is 14.6. The molecule has 168 valence electrons. The first-order valence-electron chi connectivity index (χ1n) is 10.3. The van der Waals surface area contributed by atoms with Gasteiger partial charge in [-0.1, -0.05) is 12.1 Å². The molecule has 0 bridgehead atoms. The van der Waals surface area contributed by atoms with Crippen LogP contribution < -0.4 is 20.1 Å². The molecule has 2 N–H and O–H groups in total. The molecular formula is C21H35N5O4. The number of amides is 1. The number of aliphatic imine (C=N–C) groups is 1. The molecule has 9 nitrogen and oxygen atoms in total. The number of carbonyl (C=O) groups is 1. The molecular weight excluding hydrogens is 386 g/mol. The number of piperazine rings is 1. The van der Waals surface area contributed by atoms with Crippen molar-refractivity contribution >= 4 is 11.9 Å². The second kappa shape index (κ2) is 12.9. The Labute approximate surface area is 179 Å². The Bertz CT molecular complexity index is 677. The summed E-state index contributed by atoms with van der Waals surface area (Å²) >= 11 is 0. The molecule has 0 radical (unpaired) electrons. The summed E-state index contributed by atoms with van der Waals surface area (Å²) in [5.41, 5.74) is 0. The Morgan fingerprint density at radius 2 is 1.83 bits per heavy atom. The molecule has 1 aliphatic heterocycles. The molecule has 1 aliphatic rings. The zero-order chi connectivity index (χ0) is 21.8. The fourth-order valence-electron chi connectivity index (χ4n) is 3.21. The Morgan fingerprint density at radius 1 is 1.13 bits per heavy atom. The highest BCUT2D eigenvalue weighted by molar-refractivity contribution is 5.80. The van der Waals surface area contributed by atoms with Crippen molar-refractivity contribution in [1.29, 1.82) is 0 Å². The lowest BCUT2D eigenvalue weighted by Gasteiger charge is -2.36. The van der Waals surface area contributed by atoms with Gasteiger partial charge < -0.3 is 29.7 Å². The molecule has 1 saturated heterocycles. The number of benzene rings is 1. The molecule has 0 spiro atoms. The van der Waals surface area contributed by atoms with Gasteiger partial charge in [0.2, 0.25) is 5.91 Å². The predicted molar refractivity (Wildman–Crippen MR) is 117 cm³/mol. The van der Waals surface area contributed by atoms with E-state index < -0.39 is 0 Å². The topological polar surface area (TPSA) is 87.7 Å². The third-order valence-electron chi connectivity index (χ3n) is 4.82. The van der Waals surface area contributed by atoms with E-state index in [4.69, 9.17) is 14.2 Å². The number of carbonyl (C=O) groups excluding carboxylic acids is 1. The van der Waals surface area contributed by atoms with E-state index in [-0.39, 0.29) is 12.0 Å². The van der Waals surface area contributed by atoms with Crippen LogP contribution in [0.1, 0.15) is 6.92 Å². The van der Waals surface area contributed by atoms with E-state index in [0.29, 0.717) is 26.2 Å². The molecule has 1 unspecified atom stereocenters. The van der Waals surface area contributed by atoms with Crippen LogP contribution in [0.2, 0.25) is 0 Å². The minimum Gasteiger partial charge on any atom is -0.493 e. The Morgan fingerprint density at radius 3 is 2.47 bits per heavy atom. The third kappa shape index (κ3) is 7.72. The highest BCUT2D eigenvalue weighted by Gasteiger charge is 2.21. The maximum atomic E-state index is 12.0. The number of hydrogen-bond donors (Lipinski definition) is 2. The van der Waals surface area contributed by atoms with Crippen molar-refractivity contribution in [3.8, 4) is 11.5 Å². The van der Waals surface area contributed by atoms with Gasteiger partial charge in [-0.3, -0.25) is 14.7 Å². The van der Waals surface area contributed by atoms with Crippen LogP contribution in [0.5, 0.6) is 11.5 Å². The summed E-state index contributed by atoms with van der Waals surface area (Å²) in [5.74, 6) is 2.32. The highest BCUT2D eigenvalue weighted by atomic mass is 16.5. The first kappa shape index (κ1) is 23.8. The molecule has 1 atom stereocenters. The molecule has 0 saturated carbocycles. The number of nitrogens with zero attached hydrogens (tertiary/aromatic N) is 3. The van der Waals surface area contributed by atoms with Crippen LogP contribution in [-0.4, -0.2) is 101 Å². The van der Waals surface area contributed by atoms with E-state index in [2.05, 4.69) is 25.4 Å². The highest BCUT2D eigenvalue weighted by Crippen LogP contribution is 2.26. The second-order valence-corrected chi connectivity index (χ2v) is 7.11. The van der Waals surface area contributed by atoms with Crippen molar-refractivity contribution in [1.82, 2.24) is 20.4 Å². The van der Waals surface area contributed by atoms with Crippen molar-refractivity contribution in [2.45, 2.75) is 13.0 Å². The lowest BCUT2D eigenvalue weighted by Crippen LogP contribution is -2.54. The minimum absolute atomic E-state index is 0.0327. The number of rotatable bonds is 10. The standard InChI is InChI=1S/C21H35N5O4/c1-17(30-19-8-6-5-7-18(19)29-4)15-24-21(22-2)26-12-10-25(11-13-26)16-20(27)23-9-14-28-3/h5-8,17H,9-16H2,1-4H3,(H,22,24)(H,23,27). The van der Waals surface area contributed by atoms with Crippen LogP contribution in [0, 0.1) is 0 Å². The van der Waals surface area contributed by atoms with Crippen molar-refractivity contribution in [3.05, 3.63) is 24.3 Å². The quantitative estimate of drug-likeness (QED) is 0.322. The summed E-state index contributed by atoms with van der Waals surface area (Å²) in [5, 5.41) is 6.24. The number of nitrogens with one attached hydrogen (secondary N) is 2. The van der Waals surface area contributed by atoms with Gasteiger partial charge in [-0.2, -0.15) is 0 Å². The lowest BCUT2D eigenvalue weighted by atomic mass is 10.3. The molecule has 0 aliphatic carbocycles. The van der Waals surface area contributed by atoms with E-state index >= 15 is 0 Å². The van der Waals surface area contributed by atoms with E-state index in [1.165, 1.54) is 0 Å². The van der Waals surface area contributed by atoms with Gasteiger partial charge in [-0.05, 0) is 19.1 Å².